The summed E-state index contributed by atoms with van der Waals surface area (Å²) < 4.78 is 5.36. The van der Waals surface area contributed by atoms with Gasteiger partial charge in [0.05, 0.1) is 12.0 Å². The Labute approximate surface area is 130 Å². The Balaban J connectivity index is 1.73. The van der Waals surface area contributed by atoms with E-state index in [9.17, 15) is 14.7 Å². The number of amides is 1. The van der Waals surface area contributed by atoms with Gasteiger partial charge in [0.25, 0.3) is 0 Å². The van der Waals surface area contributed by atoms with Gasteiger partial charge in [0.1, 0.15) is 6.61 Å². The van der Waals surface area contributed by atoms with Crippen LogP contribution in [0.3, 0.4) is 0 Å². The lowest BCUT2D eigenvalue weighted by atomic mass is 9.74. The van der Waals surface area contributed by atoms with Crippen LogP contribution >= 0.6 is 0 Å². The topological polar surface area (TPSA) is 75.6 Å². The van der Waals surface area contributed by atoms with Crippen LogP contribution in [-0.4, -0.2) is 30.1 Å². The summed E-state index contributed by atoms with van der Waals surface area (Å²) in [6.45, 7) is 0.513. The second-order valence-electron chi connectivity index (χ2n) is 5.90. The van der Waals surface area contributed by atoms with E-state index in [1.165, 1.54) is 0 Å². The average Bonchev–Trinajstić information content (AvgIpc) is 2.55. The van der Waals surface area contributed by atoms with Crippen molar-refractivity contribution in [1.82, 2.24) is 5.32 Å². The Morgan fingerprint density at radius 3 is 2.45 bits per heavy atom. The third kappa shape index (κ3) is 4.56. The molecule has 0 aliphatic heterocycles. The molecular weight excluding hydrogens is 282 g/mol. The van der Waals surface area contributed by atoms with Gasteiger partial charge in [-0.2, -0.15) is 0 Å². The summed E-state index contributed by atoms with van der Waals surface area (Å²) in [5.41, 5.74) is 0.206. The maximum atomic E-state index is 11.8. The summed E-state index contributed by atoms with van der Waals surface area (Å²) >= 11 is 0. The minimum atomic E-state index is -0.808. The van der Waals surface area contributed by atoms with E-state index in [-0.39, 0.29) is 19.1 Å². The normalized spacial score (nSPS) is 16.9. The molecule has 0 spiro atoms. The lowest BCUT2D eigenvalue weighted by Gasteiger charge is -2.33. The molecule has 2 rings (SSSR count). The highest BCUT2D eigenvalue weighted by Gasteiger charge is 2.39. The van der Waals surface area contributed by atoms with E-state index in [1.807, 2.05) is 30.3 Å². The monoisotopic (exact) mass is 305 g/mol. The van der Waals surface area contributed by atoms with E-state index in [0.29, 0.717) is 19.4 Å². The van der Waals surface area contributed by atoms with Crippen molar-refractivity contribution in [2.75, 3.05) is 13.2 Å². The number of carboxylic acid groups (broad SMARTS) is 1. The molecule has 1 amide bonds. The van der Waals surface area contributed by atoms with Crippen LogP contribution in [0.4, 0.5) is 0 Å². The van der Waals surface area contributed by atoms with Gasteiger partial charge in [0.2, 0.25) is 5.91 Å². The molecular formula is C17H23NO4. The number of nitrogens with one attached hydrogen (secondary N) is 1. The number of carbonyl (C=O) groups is 2. The molecule has 1 aromatic rings. The van der Waals surface area contributed by atoms with Crippen LogP contribution in [0.5, 0.6) is 0 Å². The van der Waals surface area contributed by atoms with E-state index in [2.05, 4.69) is 5.32 Å². The van der Waals surface area contributed by atoms with Crippen molar-refractivity contribution in [1.29, 1.82) is 0 Å². The van der Waals surface area contributed by atoms with Crippen LogP contribution in [0, 0.1) is 5.41 Å². The van der Waals surface area contributed by atoms with Gasteiger partial charge in [-0.05, 0) is 18.4 Å². The highest BCUT2D eigenvalue weighted by Crippen LogP contribution is 2.35. The first-order valence-electron chi connectivity index (χ1n) is 7.74. The molecule has 120 valence electrons. The lowest BCUT2D eigenvalue weighted by molar-refractivity contribution is -0.151. The standard InChI is InChI=1S/C17H23NO4/c19-15(12-22-11-14-7-3-1-4-8-14)18-13-17(16(20)21)9-5-2-6-10-17/h1,3-4,7-8H,2,5-6,9-13H2,(H,18,19)(H,20,21). The summed E-state index contributed by atoms with van der Waals surface area (Å²) in [5, 5.41) is 12.2. The van der Waals surface area contributed by atoms with Gasteiger partial charge < -0.3 is 15.2 Å². The second kappa shape index (κ2) is 7.94. The third-order valence-corrected chi connectivity index (χ3v) is 4.23. The Morgan fingerprint density at radius 2 is 1.82 bits per heavy atom. The molecule has 0 heterocycles. The molecule has 1 saturated carbocycles. The van der Waals surface area contributed by atoms with E-state index < -0.39 is 11.4 Å². The maximum Gasteiger partial charge on any atom is 0.311 e. The molecule has 5 nitrogen and oxygen atoms in total. The molecule has 0 unspecified atom stereocenters. The van der Waals surface area contributed by atoms with Crippen LogP contribution in [-0.2, 0) is 20.9 Å². The maximum absolute atomic E-state index is 11.8. The Morgan fingerprint density at radius 1 is 1.14 bits per heavy atom. The molecule has 0 aromatic heterocycles. The minimum Gasteiger partial charge on any atom is -0.481 e. The van der Waals surface area contributed by atoms with Crippen molar-refractivity contribution in [3.8, 4) is 0 Å². The van der Waals surface area contributed by atoms with E-state index >= 15 is 0 Å². The van der Waals surface area contributed by atoms with E-state index in [0.717, 1.165) is 24.8 Å². The number of hydrogen-bond acceptors (Lipinski definition) is 3. The molecule has 1 aromatic carbocycles. The SMILES string of the molecule is O=C(COCc1ccccc1)NCC1(C(=O)O)CCCCC1. The minimum absolute atomic E-state index is 0.0510. The Hall–Kier alpha value is -1.88. The molecule has 0 radical (unpaired) electrons. The lowest BCUT2D eigenvalue weighted by Crippen LogP contribution is -2.45. The zero-order valence-corrected chi connectivity index (χ0v) is 12.7. The first kappa shape index (κ1) is 16.5. The van der Waals surface area contributed by atoms with Crippen molar-refractivity contribution in [3.63, 3.8) is 0 Å². The molecule has 22 heavy (non-hydrogen) atoms. The summed E-state index contributed by atoms with van der Waals surface area (Å²) in [4.78, 5) is 23.3. The van der Waals surface area contributed by atoms with Gasteiger partial charge in [-0.25, -0.2) is 0 Å². The van der Waals surface area contributed by atoms with Crippen molar-refractivity contribution in [3.05, 3.63) is 35.9 Å². The highest BCUT2D eigenvalue weighted by atomic mass is 16.5. The molecule has 1 fully saturated rings. The molecule has 5 heteroatoms. The number of carbonyl (C=O) groups excluding carboxylic acids is 1. The van der Waals surface area contributed by atoms with Gasteiger partial charge >= 0.3 is 5.97 Å². The molecule has 0 saturated heterocycles. The Bertz CT molecular complexity index is 495. The third-order valence-electron chi connectivity index (χ3n) is 4.23. The van der Waals surface area contributed by atoms with Crippen LogP contribution in [0.15, 0.2) is 30.3 Å². The van der Waals surface area contributed by atoms with Crippen LogP contribution in [0.1, 0.15) is 37.7 Å². The van der Waals surface area contributed by atoms with Crippen molar-refractivity contribution in [2.45, 2.75) is 38.7 Å². The van der Waals surface area contributed by atoms with Crippen LogP contribution in [0.25, 0.3) is 0 Å². The van der Waals surface area contributed by atoms with E-state index in [1.54, 1.807) is 0 Å². The summed E-state index contributed by atoms with van der Waals surface area (Å²) in [6, 6.07) is 9.61. The highest BCUT2D eigenvalue weighted by molar-refractivity contribution is 5.79. The number of carboxylic acids is 1. The summed E-state index contributed by atoms with van der Waals surface area (Å²) in [5.74, 6) is -1.07. The number of rotatable bonds is 7. The van der Waals surface area contributed by atoms with Gasteiger partial charge in [0, 0.05) is 6.54 Å². The van der Waals surface area contributed by atoms with E-state index in [4.69, 9.17) is 4.74 Å². The van der Waals surface area contributed by atoms with Crippen LogP contribution < -0.4 is 5.32 Å². The van der Waals surface area contributed by atoms with Gasteiger partial charge in [-0.15, -0.1) is 0 Å². The van der Waals surface area contributed by atoms with Crippen molar-refractivity contribution < 1.29 is 19.4 Å². The first-order valence-corrected chi connectivity index (χ1v) is 7.74. The quantitative estimate of drug-likeness (QED) is 0.811. The number of aliphatic carboxylic acids is 1. The zero-order valence-electron chi connectivity index (χ0n) is 12.7. The Kier molecular flexibility index (Phi) is 5.95. The van der Waals surface area contributed by atoms with Gasteiger partial charge in [-0.1, -0.05) is 49.6 Å². The predicted molar refractivity (Wildman–Crippen MR) is 82.3 cm³/mol. The van der Waals surface area contributed by atoms with Gasteiger partial charge in [0.15, 0.2) is 0 Å². The molecule has 0 bridgehead atoms. The number of ether oxygens (including phenoxy) is 1. The fraction of sp³-hybridized carbons (Fsp3) is 0.529. The molecule has 2 N–H and O–H groups in total. The largest absolute Gasteiger partial charge is 0.481 e. The average molecular weight is 305 g/mol. The zero-order chi connectivity index (χ0) is 15.8. The number of hydrogen-bond donors (Lipinski definition) is 2. The number of benzene rings is 1. The fourth-order valence-corrected chi connectivity index (χ4v) is 2.85. The second-order valence-corrected chi connectivity index (χ2v) is 5.90. The van der Waals surface area contributed by atoms with Crippen LogP contribution in [0.2, 0.25) is 0 Å². The predicted octanol–water partition coefficient (Wildman–Crippen LogP) is 2.35. The fourth-order valence-electron chi connectivity index (χ4n) is 2.85. The van der Waals surface area contributed by atoms with Crippen molar-refractivity contribution in [2.24, 2.45) is 5.41 Å². The summed E-state index contributed by atoms with van der Waals surface area (Å²) in [6.07, 6.45) is 4.16. The molecule has 1 aliphatic rings. The van der Waals surface area contributed by atoms with Gasteiger partial charge in [-0.3, -0.25) is 9.59 Å². The summed E-state index contributed by atoms with van der Waals surface area (Å²) in [7, 11) is 0. The molecule has 1 aliphatic carbocycles. The van der Waals surface area contributed by atoms with Crippen molar-refractivity contribution >= 4 is 11.9 Å². The smallest absolute Gasteiger partial charge is 0.311 e. The first-order chi connectivity index (χ1) is 10.6. The molecule has 0 atom stereocenters.